The molecule has 6 rings (SSSR count). The first-order valence-corrected chi connectivity index (χ1v) is 15.8. The Labute approximate surface area is 273 Å². The zero-order valence-corrected chi connectivity index (χ0v) is 26.3. The molecule has 4 aromatic carbocycles. The maximum atomic E-state index is 14.2. The Morgan fingerprint density at radius 2 is 1.62 bits per heavy atom. The summed E-state index contributed by atoms with van der Waals surface area (Å²) in [6, 6.07) is 31.3. The first-order valence-electron chi connectivity index (χ1n) is 15.8. The Morgan fingerprint density at radius 1 is 0.936 bits per heavy atom. The van der Waals surface area contributed by atoms with Gasteiger partial charge in [-0.3, -0.25) is 9.89 Å². The standard InChI is InChI=1S/C37H39N5O5/c1-45-37(44)42(36(43)35(38)34(26-11-4-2-5-12-26)27-13-6-3-7-14-27)33-15-9-8-10-25(33)16-19-30-22-39-23-31(47-30)24-46-29-18-17-28-21-40-41-32(28)20-29/h2-15,17-18,20-21,30-31,34-35,39H,16,19,22-24,38H2,1H3,(H,40,41)/t30-,31+,35+/m1/s1. The Hall–Kier alpha value is -5.03. The number of amides is 2. The third kappa shape index (κ3) is 7.52. The number of aromatic amines is 1. The summed E-state index contributed by atoms with van der Waals surface area (Å²) in [7, 11) is 1.26. The number of ether oxygens (including phenoxy) is 3. The summed E-state index contributed by atoms with van der Waals surface area (Å²) in [6.07, 6.45) is 1.97. The number of aryl methyl sites for hydroxylation is 1. The summed E-state index contributed by atoms with van der Waals surface area (Å²) in [5, 5.41) is 11.5. The highest BCUT2D eigenvalue weighted by atomic mass is 16.5. The maximum absolute atomic E-state index is 14.2. The molecule has 0 spiro atoms. The Balaban J connectivity index is 1.16. The van der Waals surface area contributed by atoms with Crippen LogP contribution in [0.25, 0.3) is 10.9 Å². The van der Waals surface area contributed by atoms with Gasteiger partial charge in [0, 0.05) is 30.5 Å². The number of aromatic nitrogens is 2. The van der Waals surface area contributed by atoms with Crippen LogP contribution in [0.1, 0.15) is 29.0 Å². The first-order chi connectivity index (χ1) is 23.0. The number of nitrogens with one attached hydrogen (secondary N) is 2. The van der Waals surface area contributed by atoms with E-state index in [1.807, 2.05) is 91.0 Å². The minimum absolute atomic E-state index is 0.0921. The molecule has 0 radical (unpaired) electrons. The Morgan fingerprint density at radius 3 is 2.34 bits per heavy atom. The third-order valence-corrected chi connectivity index (χ3v) is 8.49. The highest BCUT2D eigenvalue weighted by Gasteiger charge is 2.36. The minimum Gasteiger partial charge on any atom is -0.491 e. The molecule has 2 heterocycles. The number of hydrogen-bond acceptors (Lipinski definition) is 8. The van der Waals surface area contributed by atoms with Gasteiger partial charge in [-0.25, -0.2) is 9.69 Å². The first kappa shape index (κ1) is 31.9. The second-order valence-corrected chi connectivity index (χ2v) is 11.6. The van der Waals surface area contributed by atoms with E-state index >= 15 is 0 Å². The molecule has 0 aliphatic carbocycles. The van der Waals surface area contributed by atoms with E-state index < -0.39 is 24.0 Å². The van der Waals surface area contributed by atoms with E-state index in [9.17, 15) is 9.59 Å². The second kappa shape index (κ2) is 15.0. The van der Waals surface area contributed by atoms with E-state index in [0.717, 1.165) is 38.2 Å². The van der Waals surface area contributed by atoms with Gasteiger partial charge in [-0.2, -0.15) is 5.10 Å². The van der Waals surface area contributed by atoms with Crippen molar-refractivity contribution < 1.29 is 23.8 Å². The molecule has 1 fully saturated rings. The Kier molecular flexibility index (Phi) is 10.2. The number of fused-ring (bicyclic) bond motifs is 1. The normalized spacial score (nSPS) is 16.9. The van der Waals surface area contributed by atoms with Crippen LogP contribution in [0.2, 0.25) is 0 Å². The number of rotatable bonds is 11. The van der Waals surface area contributed by atoms with Crippen LogP contribution in [0.3, 0.4) is 0 Å². The fourth-order valence-electron chi connectivity index (χ4n) is 6.11. The lowest BCUT2D eigenvalue weighted by Gasteiger charge is -2.32. The fraction of sp³-hybridized carbons (Fsp3) is 0.270. The molecule has 0 bridgehead atoms. The van der Waals surface area contributed by atoms with Gasteiger partial charge in [-0.1, -0.05) is 78.9 Å². The molecule has 4 N–H and O–H groups in total. The SMILES string of the molecule is COC(=O)N(C(=O)[C@@H](N)C(c1ccccc1)c1ccccc1)c1ccccc1CC[C@@H]1CNC[C@@H](COc2ccc3cn[nH]c3c2)O1. The molecular formula is C37H39N5O5. The average Bonchev–Trinajstić information content (AvgIpc) is 3.60. The number of benzene rings is 4. The molecular weight excluding hydrogens is 594 g/mol. The molecule has 0 saturated carbocycles. The quantitative estimate of drug-likeness (QED) is 0.181. The molecule has 0 unspecified atom stereocenters. The number of H-pyrrole nitrogens is 1. The van der Waals surface area contributed by atoms with Gasteiger partial charge in [0.1, 0.15) is 18.5 Å². The van der Waals surface area contributed by atoms with Crippen molar-refractivity contribution in [3.63, 3.8) is 0 Å². The monoisotopic (exact) mass is 633 g/mol. The number of hydrogen-bond donors (Lipinski definition) is 3. The number of carbonyl (C=O) groups is 2. The van der Waals surface area contributed by atoms with Crippen molar-refractivity contribution in [1.82, 2.24) is 15.5 Å². The van der Waals surface area contributed by atoms with Crippen LogP contribution in [0.4, 0.5) is 10.5 Å². The van der Waals surface area contributed by atoms with E-state index in [1.165, 1.54) is 7.11 Å². The van der Waals surface area contributed by atoms with Crippen LogP contribution in [0, 0.1) is 0 Å². The second-order valence-electron chi connectivity index (χ2n) is 11.6. The van der Waals surface area contributed by atoms with Crippen molar-refractivity contribution in [2.45, 2.75) is 37.0 Å². The minimum atomic E-state index is -1.06. The highest BCUT2D eigenvalue weighted by molar-refractivity contribution is 6.15. The summed E-state index contributed by atoms with van der Waals surface area (Å²) in [6.45, 7) is 1.75. The topological polar surface area (TPSA) is 132 Å². The molecule has 10 nitrogen and oxygen atoms in total. The van der Waals surface area contributed by atoms with E-state index in [4.69, 9.17) is 19.9 Å². The van der Waals surface area contributed by atoms with Crippen LogP contribution < -0.4 is 20.7 Å². The van der Waals surface area contributed by atoms with Crippen molar-refractivity contribution in [3.8, 4) is 5.75 Å². The molecule has 1 aliphatic rings. The lowest BCUT2D eigenvalue weighted by molar-refractivity contribution is -0.119. The van der Waals surface area contributed by atoms with E-state index in [-0.39, 0.29) is 12.2 Å². The summed E-state index contributed by atoms with van der Waals surface area (Å²) < 4.78 is 17.6. The van der Waals surface area contributed by atoms with Crippen molar-refractivity contribution in [3.05, 3.63) is 126 Å². The molecule has 10 heteroatoms. The zero-order chi connectivity index (χ0) is 32.6. The van der Waals surface area contributed by atoms with Crippen LogP contribution >= 0.6 is 0 Å². The van der Waals surface area contributed by atoms with Gasteiger partial charge in [-0.05, 0) is 47.7 Å². The lowest BCUT2D eigenvalue weighted by atomic mass is 9.84. The summed E-state index contributed by atoms with van der Waals surface area (Å²) in [5.74, 6) is -0.288. The molecule has 1 aliphatic heterocycles. The van der Waals surface area contributed by atoms with Gasteiger partial charge >= 0.3 is 6.09 Å². The van der Waals surface area contributed by atoms with Gasteiger partial charge in [0.25, 0.3) is 5.91 Å². The number of nitrogens with two attached hydrogens (primary N) is 1. The number of anilines is 1. The van der Waals surface area contributed by atoms with Gasteiger partial charge in [0.05, 0.1) is 36.7 Å². The fourth-order valence-corrected chi connectivity index (χ4v) is 6.11. The molecule has 2 amide bonds. The largest absolute Gasteiger partial charge is 0.491 e. The van der Waals surface area contributed by atoms with Gasteiger partial charge < -0.3 is 25.3 Å². The predicted octanol–water partition coefficient (Wildman–Crippen LogP) is 5.19. The predicted molar refractivity (Wildman–Crippen MR) is 180 cm³/mol. The number of carbonyl (C=O) groups excluding carboxylic acids is 2. The number of nitrogens with zero attached hydrogens (tertiary/aromatic N) is 2. The lowest BCUT2D eigenvalue weighted by Crippen LogP contribution is -2.50. The molecule has 47 heavy (non-hydrogen) atoms. The van der Waals surface area contributed by atoms with Crippen LogP contribution in [0.15, 0.2) is 109 Å². The van der Waals surface area contributed by atoms with Gasteiger partial charge in [-0.15, -0.1) is 0 Å². The summed E-state index contributed by atoms with van der Waals surface area (Å²) in [5.41, 5.74) is 10.7. The average molecular weight is 634 g/mol. The zero-order valence-electron chi connectivity index (χ0n) is 26.3. The van der Waals surface area contributed by atoms with Gasteiger partial charge in [0.2, 0.25) is 0 Å². The maximum Gasteiger partial charge on any atom is 0.420 e. The van der Waals surface area contributed by atoms with E-state index in [2.05, 4.69) is 15.5 Å². The number of methoxy groups -OCH3 is 1. The van der Waals surface area contributed by atoms with E-state index in [0.29, 0.717) is 38.2 Å². The molecule has 3 atom stereocenters. The number of para-hydroxylation sites is 1. The highest BCUT2D eigenvalue weighted by Crippen LogP contribution is 2.31. The number of imide groups is 1. The summed E-state index contributed by atoms with van der Waals surface area (Å²) >= 11 is 0. The third-order valence-electron chi connectivity index (χ3n) is 8.49. The Bertz CT molecular complexity index is 1740. The van der Waals surface area contributed by atoms with Crippen molar-refractivity contribution >= 4 is 28.6 Å². The van der Waals surface area contributed by atoms with Crippen LogP contribution in [-0.2, 0) is 20.7 Å². The van der Waals surface area contributed by atoms with Crippen molar-refractivity contribution in [2.75, 3.05) is 31.7 Å². The van der Waals surface area contributed by atoms with E-state index in [1.54, 1.807) is 18.3 Å². The molecule has 1 saturated heterocycles. The van der Waals surface area contributed by atoms with Crippen LogP contribution in [-0.4, -0.2) is 67.3 Å². The van der Waals surface area contributed by atoms with Gasteiger partial charge in [0.15, 0.2) is 0 Å². The molecule has 1 aromatic heterocycles. The van der Waals surface area contributed by atoms with Crippen molar-refractivity contribution in [2.24, 2.45) is 5.73 Å². The smallest absolute Gasteiger partial charge is 0.420 e. The number of morpholine rings is 1. The summed E-state index contributed by atoms with van der Waals surface area (Å²) in [4.78, 5) is 28.6. The van der Waals surface area contributed by atoms with Crippen molar-refractivity contribution in [1.29, 1.82) is 0 Å². The molecule has 5 aromatic rings. The molecule has 242 valence electrons. The van der Waals surface area contributed by atoms with Crippen LogP contribution in [0.5, 0.6) is 5.75 Å².